The number of carbonyl (C=O) groups excluding carboxylic acids is 1. The van der Waals surface area contributed by atoms with Crippen molar-refractivity contribution < 1.29 is 14.7 Å². The SMILES string of the molecule is Cn1ncc2cc(-c3ccc(CN(C(=O)c4ccccc4)c4cncc(C=CC(=O)O)c4)cc3)ccc21. The van der Waals surface area contributed by atoms with Crippen LogP contribution in [0.4, 0.5) is 5.69 Å². The number of aryl methyl sites for hydroxylation is 1. The average molecular weight is 489 g/mol. The zero-order valence-electron chi connectivity index (χ0n) is 20.2. The number of anilines is 1. The van der Waals surface area contributed by atoms with Crippen molar-refractivity contribution in [3.05, 3.63) is 120 Å². The van der Waals surface area contributed by atoms with Crippen molar-refractivity contribution in [2.24, 2.45) is 7.05 Å². The van der Waals surface area contributed by atoms with E-state index >= 15 is 0 Å². The molecule has 37 heavy (non-hydrogen) atoms. The molecule has 182 valence electrons. The van der Waals surface area contributed by atoms with Gasteiger partial charge in [-0.3, -0.25) is 14.5 Å². The second-order valence-corrected chi connectivity index (χ2v) is 8.64. The van der Waals surface area contributed by atoms with E-state index in [1.165, 1.54) is 6.08 Å². The Labute approximate surface area is 213 Å². The van der Waals surface area contributed by atoms with Crippen LogP contribution in [-0.4, -0.2) is 31.7 Å². The number of aromatic nitrogens is 3. The highest BCUT2D eigenvalue weighted by atomic mass is 16.4. The van der Waals surface area contributed by atoms with Gasteiger partial charge in [0.25, 0.3) is 5.91 Å². The number of carboxylic acid groups (broad SMARTS) is 1. The minimum atomic E-state index is -1.05. The van der Waals surface area contributed by atoms with E-state index in [4.69, 9.17) is 5.11 Å². The molecule has 0 radical (unpaired) electrons. The highest BCUT2D eigenvalue weighted by Gasteiger charge is 2.19. The number of hydrogen-bond acceptors (Lipinski definition) is 4. The van der Waals surface area contributed by atoms with E-state index in [0.29, 0.717) is 23.4 Å². The fourth-order valence-electron chi connectivity index (χ4n) is 4.20. The Morgan fingerprint density at radius 2 is 1.68 bits per heavy atom. The molecule has 0 aliphatic rings. The van der Waals surface area contributed by atoms with Crippen molar-refractivity contribution in [2.45, 2.75) is 6.54 Å². The van der Waals surface area contributed by atoms with Crippen LogP contribution in [0.15, 0.2) is 104 Å². The van der Waals surface area contributed by atoms with Gasteiger partial charge in [0.05, 0.1) is 30.1 Å². The number of carboxylic acids is 1. The van der Waals surface area contributed by atoms with Gasteiger partial charge in [-0.25, -0.2) is 4.79 Å². The molecule has 5 rings (SSSR count). The third-order valence-electron chi connectivity index (χ3n) is 6.12. The van der Waals surface area contributed by atoms with Gasteiger partial charge >= 0.3 is 5.97 Å². The number of amides is 1. The molecule has 1 N–H and O–H groups in total. The van der Waals surface area contributed by atoms with Crippen LogP contribution in [0, 0.1) is 0 Å². The number of nitrogens with zero attached hydrogens (tertiary/aromatic N) is 4. The molecule has 0 saturated carbocycles. The summed E-state index contributed by atoms with van der Waals surface area (Å²) >= 11 is 0. The lowest BCUT2D eigenvalue weighted by Crippen LogP contribution is -2.30. The van der Waals surface area contributed by atoms with Gasteiger partial charge < -0.3 is 10.0 Å². The molecule has 0 fully saturated rings. The third-order valence-corrected chi connectivity index (χ3v) is 6.12. The summed E-state index contributed by atoms with van der Waals surface area (Å²) in [6.45, 7) is 0.323. The molecule has 3 aromatic carbocycles. The normalized spacial score (nSPS) is 11.2. The molecular weight excluding hydrogens is 464 g/mol. The van der Waals surface area contributed by atoms with Crippen LogP contribution in [-0.2, 0) is 18.4 Å². The van der Waals surface area contributed by atoms with Crippen LogP contribution in [0.3, 0.4) is 0 Å². The fourth-order valence-corrected chi connectivity index (χ4v) is 4.20. The molecule has 0 unspecified atom stereocenters. The summed E-state index contributed by atoms with van der Waals surface area (Å²) in [6.07, 6.45) is 7.52. The second-order valence-electron chi connectivity index (χ2n) is 8.64. The van der Waals surface area contributed by atoms with Crippen LogP contribution >= 0.6 is 0 Å². The van der Waals surface area contributed by atoms with Gasteiger partial charge in [-0.05, 0) is 58.7 Å². The molecule has 0 atom stereocenters. The average Bonchev–Trinajstić information content (AvgIpc) is 3.31. The molecule has 5 aromatic rings. The highest BCUT2D eigenvalue weighted by molar-refractivity contribution is 6.06. The standard InChI is InChI=1S/C30H24N4O3/c1-33-28-13-12-25(16-26(28)18-32-33)23-10-7-21(8-11-23)20-34(30(37)24-5-3-2-4-6-24)27-15-22(17-31-19-27)9-14-29(35)36/h2-19H,20H2,1H3,(H,35,36). The summed E-state index contributed by atoms with van der Waals surface area (Å²) in [6, 6.07) is 25.2. The highest BCUT2D eigenvalue weighted by Crippen LogP contribution is 2.26. The van der Waals surface area contributed by atoms with Gasteiger partial charge in [0.15, 0.2) is 0 Å². The molecule has 0 aliphatic carbocycles. The zero-order chi connectivity index (χ0) is 25.8. The maximum Gasteiger partial charge on any atom is 0.328 e. The zero-order valence-corrected chi connectivity index (χ0v) is 20.2. The van der Waals surface area contributed by atoms with Crippen LogP contribution in [0.2, 0.25) is 0 Å². The van der Waals surface area contributed by atoms with Gasteiger partial charge in [-0.15, -0.1) is 0 Å². The van der Waals surface area contributed by atoms with Gasteiger partial charge in [0.1, 0.15) is 0 Å². The summed E-state index contributed by atoms with van der Waals surface area (Å²) in [5.74, 6) is -1.22. The maximum atomic E-state index is 13.5. The monoisotopic (exact) mass is 488 g/mol. The van der Waals surface area contributed by atoms with Gasteiger partial charge in [-0.1, -0.05) is 48.5 Å². The molecule has 0 spiro atoms. The minimum Gasteiger partial charge on any atom is -0.478 e. The number of carbonyl (C=O) groups is 2. The summed E-state index contributed by atoms with van der Waals surface area (Å²) < 4.78 is 1.85. The number of rotatable bonds is 7. The van der Waals surface area contributed by atoms with Gasteiger partial charge in [-0.2, -0.15) is 5.10 Å². The Kier molecular flexibility index (Phi) is 6.59. The van der Waals surface area contributed by atoms with Crippen LogP contribution < -0.4 is 4.90 Å². The van der Waals surface area contributed by atoms with E-state index in [-0.39, 0.29) is 5.91 Å². The predicted octanol–water partition coefficient (Wildman–Crippen LogP) is 5.58. The summed E-state index contributed by atoms with van der Waals surface area (Å²) in [5, 5.41) is 14.4. The number of pyridine rings is 1. The maximum absolute atomic E-state index is 13.5. The minimum absolute atomic E-state index is 0.173. The number of fused-ring (bicyclic) bond motifs is 1. The van der Waals surface area contributed by atoms with Crippen molar-refractivity contribution in [3.8, 4) is 11.1 Å². The van der Waals surface area contributed by atoms with Crippen LogP contribution in [0.5, 0.6) is 0 Å². The lowest BCUT2D eigenvalue weighted by atomic mass is 10.0. The molecule has 7 nitrogen and oxygen atoms in total. The Morgan fingerprint density at radius 1 is 0.919 bits per heavy atom. The molecule has 0 aliphatic heterocycles. The van der Waals surface area contributed by atoms with E-state index in [0.717, 1.165) is 33.7 Å². The van der Waals surface area contributed by atoms with E-state index in [9.17, 15) is 9.59 Å². The first-order chi connectivity index (χ1) is 18.0. The number of aliphatic carboxylic acids is 1. The Bertz CT molecular complexity index is 1610. The van der Waals surface area contributed by atoms with E-state index < -0.39 is 5.97 Å². The van der Waals surface area contributed by atoms with Gasteiger partial charge in [0, 0.05) is 30.3 Å². The van der Waals surface area contributed by atoms with Gasteiger partial charge in [0.2, 0.25) is 0 Å². The van der Waals surface area contributed by atoms with E-state index in [1.54, 1.807) is 35.5 Å². The lowest BCUT2D eigenvalue weighted by Gasteiger charge is -2.23. The fraction of sp³-hybridized carbons (Fsp3) is 0.0667. The molecule has 7 heteroatoms. The first kappa shape index (κ1) is 23.7. The molecule has 0 bridgehead atoms. The predicted molar refractivity (Wildman–Crippen MR) is 144 cm³/mol. The smallest absolute Gasteiger partial charge is 0.328 e. The van der Waals surface area contributed by atoms with Crippen LogP contribution in [0.25, 0.3) is 28.1 Å². The van der Waals surface area contributed by atoms with Crippen molar-refractivity contribution in [1.82, 2.24) is 14.8 Å². The molecule has 1 amide bonds. The first-order valence-electron chi connectivity index (χ1n) is 11.7. The van der Waals surface area contributed by atoms with Crippen molar-refractivity contribution in [3.63, 3.8) is 0 Å². The second kappa shape index (κ2) is 10.3. The Balaban J connectivity index is 1.45. The third kappa shape index (κ3) is 5.31. The van der Waals surface area contributed by atoms with Crippen molar-refractivity contribution in [2.75, 3.05) is 4.90 Å². The van der Waals surface area contributed by atoms with Crippen LogP contribution in [0.1, 0.15) is 21.5 Å². The molecule has 2 aromatic heterocycles. The Hall–Kier alpha value is -5.04. The van der Waals surface area contributed by atoms with E-state index in [2.05, 4.69) is 28.3 Å². The van der Waals surface area contributed by atoms with Crippen molar-refractivity contribution in [1.29, 1.82) is 0 Å². The Morgan fingerprint density at radius 3 is 2.43 bits per heavy atom. The topological polar surface area (TPSA) is 88.3 Å². The van der Waals surface area contributed by atoms with Crippen molar-refractivity contribution >= 4 is 34.5 Å². The molecule has 2 heterocycles. The number of benzene rings is 3. The summed E-state index contributed by atoms with van der Waals surface area (Å²) in [5.41, 5.74) is 5.89. The quantitative estimate of drug-likeness (QED) is 0.302. The molecule has 0 saturated heterocycles. The lowest BCUT2D eigenvalue weighted by molar-refractivity contribution is -0.131. The van der Waals surface area contributed by atoms with E-state index in [1.807, 2.05) is 60.4 Å². The largest absolute Gasteiger partial charge is 0.478 e. The number of hydrogen-bond donors (Lipinski definition) is 1. The summed E-state index contributed by atoms with van der Waals surface area (Å²) in [7, 11) is 1.92. The first-order valence-corrected chi connectivity index (χ1v) is 11.7. The summed E-state index contributed by atoms with van der Waals surface area (Å²) in [4.78, 5) is 30.4. The molecular formula is C30H24N4O3.